The first-order valence-electron chi connectivity index (χ1n) is 7.26. The van der Waals surface area contributed by atoms with Gasteiger partial charge in [0.25, 0.3) is 5.91 Å². The Labute approximate surface area is 135 Å². The number of hydrogen-bond acceptors (Lipinski definition) is 5. The number of nitrogens with one attached hydrogen (secondary N) is 2. The van der Waals surface area contributed by atoms with Gasteiger partial charge in [-0.3, -0.25) is 20.4 Å². The van der Waals surface area contributed by atoms with Crippen LogP contribution in [0.5, 0.6) is 5.75 Å². The van der Waals surface area contributed by atoms with Gasteiger partial charge in [-0.05, 0) is 31.4 Å². The molecule has 1 aliphatic rings. The smallest absolute Gasteiger partial charge is 0.276 e. The van der Waals surface area contributed by atoms with Gasteiger partial charge >= 0.3 is 0 Å². The number of hydrazine groups is 1. The van der Waals surface area contributed by atoms with E-state index in [2.05, 4.69) is 10.9 Å². The van der Waals surface area contributed by atoms with E-state index < -0.39 is 27.6 Å². The first-order valence-corrected chi connectivity index (χ1v) is 9.09. The van der Waals surface area contributed by atoms with Crippen LogP contribution < -0.4 is 15.6 Å². The summed E-state index contributed by atoms with van der Waals surface area (Å²) < 4.78 is 28.1. The molecule has 0 bridgehead atoms. The fourth-order valence-corrected chi connectivity index (χ4v) is 4.18. The average Bonchev–Trinajstić information content (AvgIpc) is 2.84. The van der Waals surface area contributed by atoms with Crippen LogP contribution >= 0.6 is 0 Å². The summed E-state index contributed by atoms with van der Waals surface area (Å²) in [6, 6.07) is 5.65. The van der Waals surface area contributed by atoms with Gasteiger partial charge in [0.2, 0.25) is 5.91 Å². The quantitative estimate of drug-likeness (QED) is 0.766. The number of carbonyl (C=O) groups excluding carboxylic acids is 2. The molecule has 1 aliphatic heterocycles. The van der Waals surface area contributed by atoms with Gasteiger partial charge in [-0.25, -0.2) is 8.42 Å². The molecule has 8 heteroatoms. The fraction of sp³-hybridized carbons (Fsp3) is 0.467. The highest BCUT2D eigenvalue weighted by molar-refractivity contribution is 7.91. The number of sulfone groups is 1. The normalized spacial score (nSPS) is 19.1. The standard InChI is InChI=1S/C15H20N2O5S/c1-10-4-3-5-11(2)14(10)22-8-13(18)16-17-15(19)12-6-7-23(20,21)9-12/h3-5,12H,6-9H2,1-2H3,(H,16,18)(H,17,19)/t12-/m1/s1. The zero-order chi connectivity index (χ0) is 17.0. The van der Waals surface area contributed by atoms with E-state index in [4.69, 9.17) is 4.74 Å². The molecule has 1 aromatic rings. The van der Waals surface area contributed by atoms with E-state index in [1.165, 1.54) is 0 Å². The molecule has 1 fully saturated rings. The molecule has 0 spiro atoms. The van der Waals surface area contributed by atoms with E-state index in [0.29, 0.717) is 5.75 Å². The van der Waals surface area contributed by atoms with E-state index in [9.17, 15) is 18.0 Å². The molecule has 0 aromatic heterocycles. The van der Waals surface area contributed by atoms with Crippen molar-refractivity contribution >= 4 is 21.7 Å². The molecule has 0 aliphatic carbocycles. The van der Waals surface area contributed by atoms with Crippen LogP contribution in [-0.2, 0) is 19.4 Å². The van der Waals surface area contributed by atoms with Gasteiger partial charge in [0, 0.05) is 0 Å². The minimum atomic E-state index is -3.13. The van der Waals surface area contributed by atoms with Crippen molar-refractivity contribution in [3.05, 3.63) is 29.3 Å². The number of para-hydroxylation sites is 1. The average molecular weight is 340 g/mol. The van der Waals surface area contributed by atoms with Crippen molar-refractivity contribution in [2.45, 2.75) is 20.3 Å². The van der Waals surface area contributed by atoms with Crippen molar-refractivity contribution in [2.24, 2.45) is 5.92 Å². The summed E-state index contributed by atoms with van der Waals surface area (Å²) in [6.07, 6.45) is 0.281. The van der Waals surface area contributed by atoms with Crippen molar-refractivity contribution in [2.75, 3.05) is 18.1 Å². The maximum Gasteiger partial charge on any atom is 0.276 e. The first-order chi connectivity index (χ1) is 10.8. The summed E-state index contributed by atoms with van der Waals surface area (Å²) in [4.78, 5) is 23.5. The van der Waals surface area contributed by atoms with E-state index >= 15 is 0 Å². The molecular weight excluding hydrogens is 320 g/mol. The van der Waals surface area contributed by atoms with Crippen molar-refractivity contribution in [1.82, 2.24) is 10.9 Å². The summed E-state index contributed by atoms with van der Waals surface area (Å²) >= 11 is 0. The number of aryl methyl sites for hydroxylation is 2. The van der Waals surface area contributed by atoms with Gasteiger partial charge in [0.05, 0.1) is 17.4 Å². The number of benzene rings is 1. The summed E-state index contributed by atoms with van der Waals surface area (Å²) in [6.45, 7) is 3.51. The molecule has 1 saturated heterocycles. The van der Waals surface area contributed by atoms with E-state index in [-0.39, 0.29) is 24.5 Å². The minimum absolute atomic E-state index is 0.00864. The predicted octanol–water partition coefficient (Wildman–Crippen LogP) is 0.264. The zero-order valence-corrected chi connectivity index (χ0v) is 13.9. The number of rotatable bonds is 4. The fourth-order valence-electron chi connectivity index (χ4n) is 2.44. The predicted molar refractivity (Wildman–Crippen MR) is 84.5 cm³/mol. The SMILES string of the molecule is Cc1cccc(C)c1OCC(=O)NNC(=O)[C@@H]1CCS(=O)(=O)C1. The van der Waals surface area contributed by atoms with Gasteiger partial charge in [0.1, 0.15) is 5.75 Å². The van der Waals surface area contributed by atoms with Crippen LogP contribution in [0.1, 0.15) is 17.5 Å². The molecule has 126 valence electrons. The first kappa shape index (κ1) is 17.3. The van der Waals surface area contributed by atoms with Gasteiger partial charge in [-0.1, -0.05) is 18.2 Å². The van der Waals surface area contributed by atoms with E-state index in [1.807, 2.05) is 32.0 Å². The Bertz CT molecular complexity index is 694. The second-order valence-electron chi connectivity index (χ2n) is 5.65. The van der Waals surface area contributed by atoms with Gasteiger partial charge in [-0.15, -0.1) is 0 Å². The maximum absolute atomic E-state index is 11.8. The number of carbonyl (C=O) groups is 2. The summed E-state index contributed by atoms with van der Waals surface area (Å²) in [7, 11) is -3.13. The summed E-state index contributed by atoms with van der Waals surface area (Å²) in [5.74, 6) is -1.15. The number of hydrogen-bond donors (Lipinski definition) is 2. The second-order valence-corrected chi connectivity index (χ2v) is 7.88. The lowest BCUT2D eigenvalue weighted by Crippen LogP contribution is -2.46. The van der Waals surface area contributed by atoms with Gasteiger partial charge in [-0.2, -0.15) is 0 Å². The third-order valence-corrected chi connectivity index (χ3v) is 5.45. The molecule has 0 saturated carbocycles. The molecule has 23 heavy (non-hydrogen) atoms. The largest absolute Gasteiger partial charge is 0.483 e. The number of amides is 2. The molecule has 1 aromatic carbocycles. The Morgan fingerprint density at radius 3 is 2.43 bits per heavy atom. The van der Waals surface area contributed by atoms with Crippen LogP contribution in [0.15, 0.2) is 18.2 Å². The van der Waals surface area contributed by atoms with Crippen LogP contribution in [0.25, 0.3) is 0 Å². The van der Waals surface area contributed by atoms with Crippen LogP contribution in [-0.4, -0.2) is 38.3 Å². The molecule has 0 radical (unpaired) electrons. The summed E-state index contributed by atoms with van der Waals surface area (Å²) in [5, 5.41) is 0. The Balaban J connectivity index is 1.78. The summed E-state index contributed by atoms with van der Waals surface area (Å²) in [5.41, 5.74) is 6.31. The molecule has 1 atom stereocenters. The molecule has 2 rings (SSSR count). The monoisotopic (exact) mass is 340 g/mol. The lowest BCUT2D eigenvalue weighted by molar-refractivity contribution is -0.131. The Hall–Kier alpha value is -2.09. The van der Waals surface area contributed by atoms with Crippen LogP contribution in [0.3, 0.4) is 0 Å². The minimum Gasteiger partial charge on any atom is -0.483 e. The lowest BCUT2D eigenvalue weighted by atomic mass is 10.1. The van der Waals surface area contributed by atoms with Crippen molar-refractivity contribution in [3.8, 4) is 5.75 Å². The van der Waals surface area contributed by atoms with E-state index in [1.54, 1.807) is 0 Å². The van der Waals surface area contributed by atoms with E-state index in [0.717, 1.165) is 11.1 Å². The third kappa shape index (κ3) is 4.69. The molecule has 0 unspecified atom stereocenters. The van der Waals surface area contributed by atoms with Crippen LogP contribution in [0, 0.1) is 19.8 Å². The van der Waals surface area contributed by atoms with Crippen LogP contribution in [0.4, 0.5) is 0 Å². The van der Waals surface area contributed by atoms with Crippen LogP contribution in [0.2, 0.25) is 0 Å². The maximum atomic E-state index is 11.8. The lowest BCUT2D eigenvalue weighted by Gasteiger charge is -2.13. The molecule has 2 amide bonds. The zero-order valence-electron chi connectivity index (χ0n) is 13.1. The highest BCUT2D eigenvalue weighted by Gasteiger charge is 2.33. The molecule has 2 N–H and O–H groups in total. The second kappa shape index (κ2) is 6.99. The topological polar surface area (TPSA) is 102 Å². The van der Waals surface area contributed by atoms with Crippen molar-refractivity contribution < 1.29 is 22.7 Å². The third-order valence-electron chi connectivity index (χ3n) is 3.68. The number of ether oxygens (including phenoxy) is 1. The van der Waals surface area contributed by atoms with Crippen molar-refractivity contribution in [3.63, 3.8) is 0 Å². The molecule has 1 heterocycles. The molecular formula is C15H20N2O5S. The Kier molecular flexibility index (Phi) is 5.25. The van der Waals surface area contributed by atoms with Gasteiger partial charge in [0.15, 0.2) is 16.4 Å². The highest BCUT2D eigenvalue weighted by Crippen LogP contribution is 2.22. The Morgan fingerprint density at radius 2 is 1.87 bits per heavy atom. The molecule has 7 nitrogen and oxygen atoms in total. The highest BCUT2D eigenvalue weighted by atomic mass is 32.2. The van der Waals surface area contributed by atoms with Gasteiger partial charge < -0.3 is 4.74 Å². The van der Waals surface area contributed by atoms with Crippen molar-refractivity contribution in [1.29, 1.82) is 0 Å². The Morgan fingerprint density at radius 1 is 1.22 bits per heavy atom.